The lowest BCUT2D eigenvalue weighted by molar-refractivity contribution is -0.118. The molecule has 0 saturated heterocycles. The van der Waals surface area contributed by atoms with E-state index in [-0.39, 0.29) is 5.91 Å². The van der Waals surface area contributed by atoms with Crippen molar-refractivity contribution in [1.29, 1.82) is 0 Å². The Kier molecular flexibility index (Phi) is 5.49. The SMILES string of the molecule is CCOc1ccccc1N(C)C(=O)CCCN. The van der Waals surface area contributed by atoms with Crippen molar-refractivity contribution in [3.05, 3.63) is 24.3 Å². The summed E-state index contributed by atoms with van der Waals surface area (Å²) in [7, 11) is 1.76. The Morgan fingerprint density at radius 1 is 1.41 bits per heavy atom. The average molecular weight is 236 g/mol. The van der Waals surface area contributed by atoms with Gasteiger partial charge in [-0.3, -0.25) is 4.79 Å². The van der Waals surface area contributed by atoms with Gasteiger partial charge >= 0.3 is 0 Å². The second-order valence-corrected chi connectivity index (χ2v) is 3.75. The zero-order valence-electron chi connectivity index (χ0n) is 10.5. The van der Waals surface area contributed by atoms with Crippen LogP contribution in [0.1, 0.15) is 19.8 Å². The molecule has 1 amide bonds. The van der Waals surface area contributed by atoms with E-state index in [2.05, 4.69) is 0 Å². The Labute approximate surface area is 102 Å². The number of carbonyl (C=O) groups excluding carboxylic acids is 1. The maximum atomic E-state index is 11.9. The van der Waals surface area contributed by atoms with E-state index in [9.17, 15) is 4.79 Å². The van der Waals surface area contributed by atoms with Gasteiger partial charge < -0.3 is 15.4 Å². The number of carbonyl (C=O) groups is 1. The summed E-state index contributed by atoms with van der Waals surface area (Å²) in [4.78, 5) is 13.5. The number of benzene rings is 1. The number of ether oxygens (including phenoxy) is 1. The first-order chi connectivity index (χ1) is 8.20. The summed E-state index contributed by atoms with van der Waals surface area (Å²) in [5, 5.41) is 0. The topological polar surface area (TPSA) is 55.6 Å². The van der Waals surface area contributed by atoms with Gasteiger partial charge in [-0.1, -0.05) is 12.1 Å². The smallest absolute Gasteiger partial charge is 0.226 e. The fourth-order valence-electron chi connectivity index (χ4n) is 1.57. The van der Waals surface area contributed by atoms with Gasteiger partial charge in [-0.25, -0.2) is 0 Å². The molecule has 17 heavy (non-hydrogen) atoms. The zero-order valence-corrected chi connectivity index (χ0v) is 10.5. The quantitative estimate of drug-likeness (QED) is 0.819. The molecule has 0 unspecified atom stereocenters. The normalized spacial score (nSPS) is 10.1. The molecule has 0 heterocycles. The average Bonchev–Trinajstić information content (AvgIpc) is 2.36. The van der Waals surface area contributed by atoms with E-state index in [1.165, 1.54) is 0 Å². The van der Waals surface area contributed by atoms with Gasteiger partial charge in [-0.2, -0.15) is 0 Å². The lowest BCUT2D eigenvalue weighted by Crippen LogP contribution is -2.27. The second kappa shape index (κ2) is 6.91. The van der Waals surface area contributed by atoms with Crippen molar-refractivity contribution in [2.75, 3.05) is 25.1 Å². The minimum atomic E-state index is 0.0580. The molecule has 0 bridgehead atoms. The van der Waals surface area contributed by atoms with Crippen LogP contribution in [0.25, 0.3) is 0 Å². The summed E-state index contributed by atoms with van der Waals surface area (Å²) >= 11 is 0. The van der Waals surface area contributed by atoms with Gasteiger partial charge in [0.1, 0.15) is 5.75 Å². The summed E-state index contributed by atoms with van der Waals surface area (Å²) in [6.07, 6.45) is 1.17. The molecule has 1 rings (SSSR count). The number of nitrogens with two attached hydrogens (primary N) is 1. The lowest BCUT2D eigenvalue weighted by Gasteiger charge is -2.20. The van der Waals surface area contributed by atoms with Gasteiger partial charge in [0.25, 0.3) is 0 Å². The van der Waals surface area contributed by atoms with E-state index in [0.29, 0.717) is 26.0 Å². The zero-order chi connectivity index (χ0) is 12.7. The third-order valence-corrected chi connectivity index (χ3v) is 2.50. The molecule has 2 N–H and O–H groups in total. The maximum Gasteiger partial charge on any atom is 0.226 e. The van der Waals surface area contributed by atoms with Gasteiger partial charge in [-0.15, -0.1) is 0 Å². The van der Waals surface area contributed by atoms with E-state index in [0.717, 1.165) is 11.4 Å². The predicted molar refractivity (Wildman–Crippen MR) is 69.3 cm³/mol. The van der Waals surface area contributed by atoms with Crippen molar-refractivity contribution in [2.24, 2.45) is 5.73 Å². The fourth-order valence-corrected chi connectivity index (χ4v) is 1.57. The van der Waals surface area contributed by atoms with Gasteiger partial charge in [0.2, 0.25) is 5.91 Å². The van der Waals surface area contributed by atoms with E-state index in [4.69, 9.17) is 10.5 Å². The minimum Gasteiger partial charge on any atom is -0.492 e. The van der Waals surface area contributed by atoms with Crippen LogP contribution in [-0.4, -0.2) is 26.1 Å². The molecule has 0 fully saturated rings. The van der Waals surface area contributed by atoms with Crippen molar-refractivity contribution in [3.63, 3.8) is 0 Å². The van der Waals surface area contributed by atoms with Crippen LogP contribution in [0.5, 0.6) is 5.75 Å². The predicted octanol–water partition coefficient (Wildman–Crippen LogP) is 1.79. The Hall–Kier alpha value is -1.55. The number of nitrogens with zero attached hydrogens (tertiary/aromatic N) is 1. The standard InChI is InChI=1S/C13H20N2O2/c1-3-17-12-8-5-4-7-11(12)15(2)13(16)9-6-10-14/h4-5,7-8H,3,6,9-10,14H2,1-2H3. The molecule has 94 valence electrons. The van der Waals surface area contributed by atoms with Gasteiger partial charge in [0.05, 0.1) is 12.3 Å². The van der Waals surface area contributed by atoms with E-state index < -0.39 is 0 Å². The van der Waals surface area contributed by atoms with Gasteiger partial charge in [-0.05, 0) is 32.0 Å². The first kappa shape index (κ1) is 13.5. The Bertz CT molecular complexity index is 366. The van der Waals surface area contributed by atoms with Crippen molar-refractivity contribution < 1.29 is 9.53 Å². The molecule has 4 heteroatoms. The molecule has 0 aliphatic rings. The van der Waals surface area contributed by atoms with Crippen molar-refractivity contribution in [2.45, 2.75) is 19.8 Å². The van der Waals surface area contributed by atoms with Crippen LogP contribution in [0.15, 0.2) is 24.3 Å². The number of hydrogen-bond acceptors (Lipinski definition) is 3. The third kappa shape index (κ3) is 3.75. The van der Waals surface area contributed by atoms with Crippen LogP contribution in [-0.2, 0) is 4.79 Å². The fraction of sp³-hybridized carbons (Fsp3) is 0.462. The van der Waals surface area contributed by atoms with Crippen molar-refractivity contribution in [3.8, 4) is 5.75 Å². The third-order valence-electron chi connectivity index (χ3n) is 2.50. The number of rotatable bonds is 6. The van der Waals surface area contributed by atoms with Crippen molar-refractivity contribution >= 4 is 11.6 Å². The summed E-state index contributed by atoms with van der Waals surface area (Å²) < 4.78 is 5.49. The van der Waals surface area contributed by atoms with Crippen LogP contribution >= 0.6 is 0 Å². The highest BCUT2D eigenvalue weighted by Crippen LogP contribution is 2.27. The second-order valence-electron chi connectivity index (χ2n) is 3.75. The molecular formula is C13H20N2O2. The number of amides is 1. The largest absolute Gasteiger partial charge is 0.492 e. The van der Waals surface area contributed by atoms with Crippen LogP contribution in [0.3, 0.4) is 0 Å². The number of hydrogen-bond donors (Lipinski definition) is 1. The molecule has 0 saturated carbocycles. The molecule has 0 aromatic heterocycles. The highest BCUT2D eigenvalue weighted by atomic mass is 16.5. The van der Waals surface area contributed by atoms with E-state index >= 15 is 0 Å². The summed E-state index contributed by atoms with van der Waals surface area (Å²) in [5.74, 6) is 0.793. The van der Waals surface area contributed by atoms with Crippen LogP contribution in [0, 0.1) is 0 Å². The van der Waals surface area contributed by atoms with Gasteiger partial charge in [0, 0.05) is 13.5 Å². The summed E-state index contributed by atoms with van der Waals surface area (Å²) in [6, 6.07) is 7.54. The van der Waals surface area contributed by atoms with E-state index in [1.807, 2.05) is 31.2 Å². The van der Waals surface area contributed by atoms with Crippen molar-refractivity contribution in [1.82, 2.24) is 0 Å². The van der Waals surface area contributed by atoms with Crippen LogP contribution < -0.4 is 15.4 Å². The number of anilines is 1. The lowest BCUT2D eigenvalue weighted by atomic mass is 10.2. The Morgan fingerprint density at radius 3 is 2.76 bits per heavy atom. The molecule has 0 spiro atoms. The minimum absolute atomic E-state index is 0.0580. The molecule has 0 aliphatic carbocycles. The molecule has 0 atom stereocenters. The maximum absolute atomic E-state index is 11.9. The first-order valence-corrected chi connectivity index (χ1v) is 5.89. The molecule has 4 nitrogen and oxygen atoms in total. The summed E-state index contributed by atoms with van der Waals surface area (Å²) in [6.45, 7) is 3.04. The first-order valence-electron chi connectivity index (χ1n) is 5.89. The number of para-hydroxylation sites is 2. The monoisotopic (exact) mass is 236 g/mol. The van der Waals surface area contributed by atoms with Crippen LogP contribution in [0.4, 0.5) is 5.69 Å². The molecular weight excluding hydrogens is 216 g/mol. The Morgan fingerprint density at radius 2 is 2.12 bits per heavy atom. The highest BCUT2D eigenvalue weighted by molar-refractivity contribution is 5.94. The Balaban J connectivity index is 2.79. The highest BCUT2D eigenvalue weighted by Gasteiger charge is 2.14. The van der Waals surface area contributed by atoms with Crippen LogP contribution in [0.2, 0.25) is 0 Å². The van der Waals surface area contributed by atoms with Gasteiger partial charge in [0.15, 0.2) is 0 Å². The molecule has 0 aliphatic heterocycles. The summed E-state index contributed by atoms with van der Waals surface area (Å²) in [5.41, 5.74) is 6.20. The molecule has 0 radical (unpaired) electrons. The van der Waals surface area contributed by atoms with E-state index in [1.54, 1.807) is 11.9 Å². The molecule has 1 aromatic rings. The molecule has 1 aromatic carbocycles.